The molecule has 0 fully saturated rings. The molecule has 17 heavy (non-hydrogen) atoms. The first-order valence-corrected chi connectivity index (χ1v) is 6.12. The SMILES string of the molecule is COCCNCC1(c2cccnc2)CC=CC1. The largest absolute Gasteiger partial charge is 0.383 e. The molecule has 0 saturated carbocycles. The lowest BCUT2D eigenvalue weighted by molar-refractivity contribution is 0.196. The van der Waals surface area contributed by atoms with Gasteiger partial charge in [0.2, 0.25) is 0 Å². The van der Waals surface area contributed by atoms with Crippen LogP contribution in [-0.4, -0.2) is 31.8 Å². The second-order valence-electron chi connectivity index (χ2n) is 4.57. The van der Waals surface area contributed by atoms with E-state index in [1.807, 2.05) is 18.5 Å². The van der Waals surface area contributed by atoms with Crippen molar-refractivity contribution >= 4 is 0 Å². The molecule has 0 amide bonds. The van der Waals surface area contributed by atoms with E-state index in [1.54, 1.807) is 7.11 Å². The normalized spacial score (nSPS) is 17.5. The quantitative estimate of drug-likeness (QED) is 0.601. The van der Waals surface area contributed by atoms with Crippen molar-refractivity contribution in [3.05, 3.63) is 42.2 Å². The number of hydrogen-bond acceptors (Lipinski definition) is 3. The predicted molar refractivity (Wildman–Crippen MR) is 69.0 cm³/mol. The van der Waals surface area contributed by atoms with Gasteiger partial charge in [-0.2, -0.15) is 0 Å². The predicted octanol–water partition coefficient (Wildman–Crippen LogP) is 1.91. The van der Waals surface area contributed by atoms with Crippen molar-refractivity contribution in [1.82, 2.24) is 10.3 Å². The summed E-state index contributed by atoms with van der Waals surface area (Å²) in [7, 11) is 1.73. The summed E-state index contributed by atoms with van der Waals surface area (Å²) in [6.07, 6.45) is 10.6. The average molecular weight is 232 g/mol. The Kier molecular flexibility index (Phi) is 4.29. The number of rotatable bonds is 6. The van der Waals surface area contributed by atoms with Gasteiger partial charge in [-0.05, 0) is 24.5 Å². The fraction of sp³-hybridized carbons (Fsp3) is 0.500. The molecule has 1 aromatic heterocycles. The molecule has 1 N–H and O–H groups in total. The van der Waals surface area contributed by atoms with Crippen LogP contribution in [0.2, 0.25) is 0 Å². The maximum absolute atomic E-state index is 5.05. The third-order valence-electron chi connectivity index (χ3n) is 3.40. The summed E-state index contributed by atoms with van der Waals surface area (Å²) in [5, 5.41) is 3.47. The first-order valence-electron chi connectivity index (χ1n) is 6.12. The zero-order valence-electron chi connectivity index (χ0n) is 10.4. The molecule has 1 aliphatic carbocycles. The van der Waals surface area contributed by atoms with Gasteiger partial charge in [0.15, 0.2) is 0 Å². The molecule has 0 bridgehead atoms. The van der Waals surface area contributed by atoms with Crippen LogP contribution < -0.4 is 5.32 Å². The molecule has 0 unspecified atom stereocenters. The Morgan fingerprint density at radius 2 is 2.24 bits per heavy atom. The molecule has 0 spiro atoms. The fourth-order valence-corrected chi connectivity index (χ4v) is 2.36. The molecule has 0 radical (unpaired) electrons. The summed E-state index contributed by atoms with van der Waals surface area (Å²) in [5.74, 6) is 0. The van der Waals surface area contributed by atoms with Crippen LogP contribution in [0.5, 0.6) is 0 Å². The summed E-state index contributed by atoms with van der Waals surface area (Å²) in [5.41, 5.74) is 1.53. The topological polar surface area (TPSA) is 34.1 Å². The molecule has 0 aromatic carbocycles. The van der Waals surface area contributed by atoms with Crippen molar-refractivity contribution < 1.29 is 4.74 Å². The minimum atomic E-state index is 0.196. The van der Waals surface area contributed by atoms with E-state index >= 15 is 0 Å². The van der Waals surface area contributed by atoms with Crippen LogP contribution in [0, 0.1) is 0 Å². The highest BCUT2D eigenvalue weighted by atomic mass is 16.5. The van der Waals surface area contributed by atoms with Gasteiger partial charge >= 0.3 is 0 Å². The lowest BCUT2D eigenvalue weighted by atomic mass is 9.79. The Balaban J connectivity index is 2.01. The number of nitrogens with zero attached hydrogens (tertiary/aromatic N) is 1. The minimum absolute atomic E-state index is 0.196. The highest BCUT2D eigenvalue weighted by Gasteiger charge is 2.32. The van der Waals surface area contributed by atoms with Crippen LogP contribution in [0.4, 0.5) is 0 Å². The highest BCUT2D eigenvalue weighted by Crippen LogP contribution is 2.35. The monoisotopic (exact) mass is 232 g/mol. The molecule has 1 heterocycles. The second kappa shape index (κ2) is 5.94. The van der Waals surface area contributed by atoms with Crippen LogP contribution in [0.1, 0.15) is 18.4 Å². The zero-order chi connectivity index (χ0) is 12.0. The van der Waals surface area contributed by atoms with Crippen molar-refractivity contribution in [2.45, 2.75) is 18.3 Å². The maximum Gasteiger partial charge on any atom is 0.0587 e. The summed E-state index contributed by atoms with van der Waals surface area (Å²) in [4.78, 5) is 4.24. The molecule has 1 aromatic rings. The van der Waals surface area contributed by atoms with E-state index in [0.717, 1.165) is 32.5 Å². The van der Waals surface area contributed by atoms with Gasteiger partial charge in [0.25, 0.3) is 0 Å². The van der Waals surface area contributed by atoms with E-state index < -0.39 is 0 Å². The second-order valence-corrected chi connectivity index (χ2v) is 4.57. The highest BCUT2D eigenvalue weighted by molar-refractivity contribution is 5.28. The standard InChI is InChI=1S/C14H20N2O/c1-17-10-9-16-12-14(6-2-3-7-14)13-5-4-8-15-11-13/h2-5,8,11,16H,6-7,9-10,12H2,1H3. The van der Waals surface area contributed by atoms with Crippen molar-refractivity contribution in [3.63, 3.8) is 0 Å². The van der Waals surface area contributed by atoms with E-state index in [1.165, 1.54) is 5.56 Å². The molecule has 2 rings (SSSR count). The van der Waals surface area contributed by atoms with Gasteiger partial charge in [0.1, 0.15) is 0 Å². The summed E-state index contributed by atoms with van der Waals surface area (Å²) in [6, 6.07) is 4.20. The number of pyridine rings is 1. The lowest BCUT2D eigenvalue weighted by Gasteiger charge is -2.29. The molecule has 1 aliphatic rings. The van der Waals surface area contributed by atoms with Gasteiger partial charge < -0.3 is 10.1 Å². The Morgan fingerprint density at radius 1 is 1.41 bits per heavy atom. The van der Waals surface area contributed by atoms with E-state index in [9.17, 15) is 0 Å². The number of nitrogens with one attached hydrogen (secondary N) is 1. The summed E-state index contributed by atoms with van der Waals surface area (Å²) in [6.45, 7) is 2.64. The number of hydrogen-bond donors (Lipinski definition) is 1. The fourth-order valence-electron chi connectivity index (χ4n) is 2.36. The minimum Gasteiger partial charge on any atom is -0.383 e. The molecular formula is C14H20N2O. The van der Waals surface area contributed by atoms with Crippen LogP contribution in [0.15, 0.2) is 36.7 Å². The summed E-state index contributed by atoms with van der Waals surface area (Å²) >= 11 is 0. The third-order valence-corrected chi connectivity index (χ3v) is 3.40. The van der Waals surface area contributed by atoms with Crippen molar-refractivity contribution in [3.8, 4) is 0 Å². The molecule has 3 heteroatoms. The number of aromatic nitrogens is 1. The maximum atomic E-state index is 5.05. The number of ether oxygens (including phenoxy) is 1. The van der Waals surface area contributed by atoms with Crippen LogP contribution in [-0.2, 0) is 10.2 Å². The van der Waals surface area contributed by atoms with Crippen LogP contribution in [0.25, 0.3) is 0 Å². The molecular weight excluding hydrogens is 212 g/mol. The van der Waals surface area contributed by atoms with Gasteiger partial charge in [-0.15, -0.1) is 0 Å². The van der Waals surface area contributed by atoms with E-state index in [4.69, 9.17) is 4.74 Å². The van der Waals surface area contributed by atoms with Gasteiger partial charge in [0.05, 0.1) is 6.61 Å². The van der Waals surface area contributed by atoms with Crippen LogP contribution >= 0.6 is 0 Å². The Bertz CT molecular complexity index is 354. The third kappa shape index (κ3) is 2.93. The van der Waals surface area contributed by atoms with E-state index in [0.29, 0.717) is 0 Å². The molecule has 0 atom stereocenters. The zero-order valence-corrected chi connectivity index (χ0v) is 10.4. The van der Waals surface area contributed by atoms with Gasteiger partial charge in [-0.1, -0.05) is 18.2 Å². The van der Waals surface area contributed by atoms with Gasteiger partial charge in [-0.25, -0.2) is 0 Å². The smallest absolute Gasteiger partial charge is 0.0587 e. The van der Waals surface area contributed by atoms with E-state index in [-0.39, 0.29) is 5.41 Å². The first kappa shape index (κ1) is 12.3. The molecule has 0 aliphatic heterocycles. The van der Waals surface area contributed by atoms with Crippen molar-refractivity contribution in [2.24, 2.45) is 0 Å². The molecule has 3 nitrogen and oxygen atoms in total. The van der Waals surface area contributed by atoms with Crippen LogP contribution in [0.3, 0.4) is 0 Å². The van der Waals surface area contributed by atoms with Crippen molar-refractivity contribution in [1.29, 1.82) is 0 Å². The first-order chi connectivity index (χ1) is 8.37. The molecule has 0 saturated heterocycles. The summed E-state index contributed by atoms with van der Waals surface area (Å²) < 4.78 is 5.05. The Morgan fingerprint density at radius 3 is 2.88 bits per heavy atom. The molecule has 92 valence electrons. The average Bonchev–Trinajstić information content (AvgIpc) is 2.86. The van der Waals surface area contributed by atoms with Crippen molar-refractivity contribution in [2.75, 3.05) is 26.8 Å². The van der Waals surface area contributed by atoms with Gasteiger partial charge in [0, 0.05) is 38.0 Å². The van der Waals surface area contributed by atoms with E-state index in [2.05, 4.69) is 28.5 Å². The lowest BCUT2D eigenvalue weighted by Crippen LogP contribution is -2.37. The number of allylic oxidation sites excluding steroid dienone is 2. The Hall–Kier alpha value is -1.19. The number of methoxy groups -OCH3 is 1. The Labute approximate surface area is 103 Å². The van der Waals surface area contributed by atoms with Gasteiger partial charge in [-0.3, -0.25) is 4.98 Å².